The highest BCUT2D eigenvalue weighted by molar-refractivity contribution is 6.12. The second-order valence-electron chi connectivity index (χ2n) is 7.86. The fourth-order valence-electron chi connectivity index (χ4n) is 4.38. The first-order chi connectivity index (χ1) is 16.7. The van der Waals surface area contributed by atoms with Gasteiger partial charge in [-0.2, -0.15) is 0 Å². The molecule has 0 radical (unpaired) electrons. The minimum atomic E-state index is -0.702. The number of methoxy groups -OCH3 is 1. The molecule has 4 aromatic rings. The van der Waals surface area contributed by atoms with Crippen molar-refractivity contribution in [1.82, 2.24) is 9.97 Å². The summed E-state index contributed by atoms with van der Waals surface area (Å²) in [6.07, 6.45) is 3.14. The molecule has 5 rings (SSSR count). The van der Waals surface area contributed by atoms with Crippen molar-refractivity contribution in [1.29, 1.82) is 0 Å². The van der Waals surface area contributed by atoms with Gasteiger partial charge in [-0.05, 0) is 47.5 Å². The summed E-state index contributed by atoms with van der Waals surface area (Å²) < 4.78 is 5.32. The lowest BCUT2D eigenvalue weighted by Gasteiger charge is -2.41. The van der Waals surface area contributed by atoms with Crippen molar-refractivity contribution in [3.05, 3.63) is 114 Å². The molecule has 0 bridgehead atoms. The summed E-state index contributed by atoms with van der Waals surface area (Å²) in [6, 6.07) is 25.2. The average Bonchev–Trinajstić information content (AvgIpc) is 2.89. The summed E-state index contributed by atoms with van der Waals surface area (Å²) in [6.45, 7) is 0. The van der Waals surface area contributed by atoms with Gasteiger partial charge in [0.15, 0.2) is 0 Å². The summed E-state index contributed by atoms with van der Waals surface area (Å²) in [5.74, 6) is -0.264. The first-order valence-corrected chi connectivity index (χ1v) is 10.9. The molecule has 1 aliphatic heterocycles. The average molecular weight is 450 g/mol. The summed E-state index contributed by atoms with van der Waals surface area (Å²) in [5, 5.41) is 2.84. The number of nitrogens with one attached hydrogen (secondary N) is 1. The van der Waals surface area contributed by atoms with E-state index >= 15 is 0 Å². The molecule has 2 unspecified atom stereocenters. The second-order valence-corrected chi connectivity index (χ2v) is 7.86. The van der Waals surface area contributed by atoms with E-state index in [1.807, 2.05) is 72.8 Å². The fourth-order valence-corrected chi connectivity index (χ4v) is 4.38. The number of nitrogens with zero attached hydrogens (tertiary/aromatic N) is 3. The molecule has 1 N–H and O–H groups in total. The number of ether oxygens (including phenoxy) is 1. The number of anilines is 2. The Balaban J connectivity index is 1.69. The van der Waals surface area contributed by atoms with Crippen LogP contribution in [-0.4, -0.2) is 28.9 Å². The fraction of sp³-hybridized carbons (Fsp3) is 0.111. The molecule has 0 spiro atoms. The topological polar surface area (TPSA) is 84.4 Å². The molecule has 2 atom stereocenters. The number of benzene rings is 3. The van der Waals surface area contributed by atoms with Gasteiger partial charge in [0.1, 0.15) is 5.75 Å². The Bertz CT molecular complexity index is 1310. The van der Waals surface area contributed by atoms with Crippen LogP contribution < -0.4 is 15.0 Å². The third-order valence-electron chi connectivity index (χ3n) is 5.91. The minimum absolute atomic E-state index is 0.164. The zero-order valence-electron chi connectivity index (χ0n) is 18.5. The smallest absolute Gasteiger partial charge is 0.259 e. The van der Waals surface area contributed by atoms with E-state index in [0.29, 0.717) is 22.6 Å². The van der Waals surface area contributed by atoms with E-state index in [4.69, 9.17) is 4.74 Å². The molecule has 3 aromatic carbocycles. The molecular weight excluding hydrogens is 428 g/mol. The quantitative estimate of drug-likeness (QED) is 0.480. The van der Waals surface area contributed by atoms with Crippen LogP contribution in [0.5, 0.6) is 5.75 Å². The van der Waals surface area contributed by atoms with Crippen LogP contribution in [0.25, 0.3) is 0 Å². The highest BCUT2D eigenvalue weighted by atomic mass is 16.5. The van der Waals surface area contributed by atoms with Crippen molar-refractivity contribution in [3.8, 4) is 5.75 Å². The molecule has 7 heteroatoms. The molecule has 2 amide bonds. The largest absolute Gasteiger partial charge is 0.497 e. The molecule has 2 heterocycles. The van der Waals surface area contributed by atoms with Gasteiger partial charge in [0.25, 0.3) is 5.91 Å². The third kappa shape index (κ3) is 3.88. The Labute approximate surface area is 197 Å². The summed E-state index contributed by atoms with van der Waals surface area (Å²) in [7, 11) is 1.60. The molecule has 0 saturated carbocycles. The second kappa shape index (κ2) is 9.15. The number of aromatic nitrogens is 2. The molecule has 1 aromatic heterocycles. The van der Waals surface area contributed by atoms with Gasteiger partial charge in [-0.25, -0.2) is 9.97 Å². The van der Waals surface area contributed by atoms with Gasteiger partial charge in [0.05, 0.1) is 19.1 Å². The molecule has 7 nitrogen and oxygen atoms in total. The van der Waals surface area contributed by atoms with Crippen molar-refractivity contribution in [2.75, 3.05) is 17.3 Å². The van der Waals surface area contributed by atoms with Gasteiger partial charge in [-0.15, -0.1) is 0 Å². The zero-order chi connectivity index (χ0) is 23.5. The van der Waals surface area contributed by atoms with Crippen LogP contribution in [0.4, 0.5) is 11.6 Å². The highest BCUT2D eigenvalue weighted by Gasteiger charge is 2.45. The van der Waals surface area contributed by atoms with Crippen LogP contribution in [0, 0.1) is 0 Å². The van der Waals surface area contributed by atoms with Crippen molar-refractivity contribution >= 4 is 23.5 Å². The van der Waals surface area contributed by atoms with Crippen LogP contribution in [0.2, 0.25) is 0 Å². The number of carbonyl (C=O) groups excluding carboxylic acids is 2. The molecule has 0 aliphatic carbocycles. The van der Waals surface area contributed by atoms with Crippen LogP contribution in [0.1, 0.15) is 33.4 Å². The Morgan fingerprint density at radius 3 is 2.26 bits per heavy atom. The number of carbonyl (C=O) groups is 2. The number of para-hydroxylation sites is 1. The standard InChI is InChI=1S/C27H22N4O3/c1-34-20-14-12-18(13-15-20)24-23(25(32)30-27-28-16-7-17-29-27)21-10-5-6-11-22(21)26(33)31(24)19-8-3-2-4-9-19/h2-17,23-24H,1H3,(H,28,29,30,32). The number of rotatable bonds is 5. The van der Waals surface area contributed by atoms with Crippen molar-refractivity contribution in [3.63, 3.8) is 0 Å². The van der Waals surface area contributed by atoms with Crippen molar-refractivity contribution in [2.45, 2.75) is 12.0 Å². The van der Waals surface area contributed by atoms with Crippen LogP contribution >= 0.6 is 0 Å². The number of fused-ring (bicyclic) bond motifs is 1. The Hall–Kier alpha value is -4.52. The maximum atomic E-state index is 13.8. The molecule has 1 aliphatic rings. The predicted molar refractivity (Wildman–Crippen MR) is 129 cm³/mol. The lowest BCUT2D eigenvalue weighted by molar-refractivity contribution is -0.118. The van der Waals surface area contributed by atoms with E-state index in [1.54, 1.807) is 36.5 Å². The Morgan fingerprint density at radius 1 is 0.882 bits per heavy atom. The van der Waals surface area contributed by atoms with E-state index in [1.165, 1.54) is 0 Å². The third-order valence-corrected chi connectivity index (χ3v) is 5.91. The number of hydrogen-bond acceptors (Lipinski definition) is 5. The highest BCUT2D eigenvalue weighted by Crippen LogP contribution is 2.45. The zero-order valence-corrected chi connectivity index (χ0v) is 18.5. The van der Waals surface area contributed by atoms with E-state index in [0.717, 1.165) is 5.56 Å². The van der Waals surface area contributed by atoms with Crippen LogP contribution in [-0.2, 0) is 4.79 Å². The lowest BCUT2D eigenvalue weighted by Crippen LogP contribution is -2.46. The number of amides is 2. The first kappa shape index (κ1) is 21.3. The van der Waals surface area contributed by atoms with Crippen LogP contribution in [0.15, 0.2) is 97.3 Å². The molecular formula is C27H22N4O3. The molecule has 0 saturated heterocycles. The van der Waals surface area contributed by atoms with Gasteiger partial charge in [0.2, 0.25) is 11.9 Å². The maximum absolute atomic E-state index is 13.8. The molecule has 0 fully saturated rings. The SMILES string of the molecule is COc1ccc(C2C(C(=O)Nc3ncccn3)c3ccccc3C(=O)N2c2ccccc2)cc1. The first-order valence-electron chi connectivity index (χ1n) is 10.9. The van der Waals surface area contributed by atoms with Crippen molar-refractivity contribution < 1.29 is 14.3 Å². The minimum Gasteiger partial charge on any atom is -0.497 e. The van der Waals surface area contributed by atoms with E-state index < -0.39 is 12.0 Å². The molecule has 168 valence electrons. The maximum Gasteiger partial charge on any atom is 0.259 e. The van der Waals surface area contributed by atoms with E-state index in [2.05, 4.69) is 15.3 Å². The van der Waals surface area contributed by atoms with Crippen molar-refractivity contribution in [2.24, 2.45) is 0 Å². The summed E-state index contributed by atoms with van der Waals surface area (Å²) in [4.78, 5) is 37.5. The van der Waals surface area contributed by atoms with Gasteiger partial charge in [0, 0.05) is 23.6 Å². The lowest BCUT2D eigenvalue weighted by atomic mass is 9.79. The summed E-state index contributed by atoms with van der Waals surface area (Å²) >= 11 is 0. The monoisotopic (exact) mass is 450 g/mol. The number of hydrogen-bond donors (Lipinski definition) is 1. The Kier molecular flexibility index (Phi) is 5.74. The Morgan fingerprint density at radius 2 is 1.56 bits per heavy atom. The van der Waals surface area contributed by atoms with Gasteiger partial charge in [-0.3, -0.25) is 19.8 Å². The predicted octanol–water partition coefficient (Wildman–Crippen LogP) is 4.61. The van der Waals surface area contributed by atoms with Gasteiger partial charge < -0.3 is 4.74 Å². The van der Waals surface area contributed by atoms with E-state index in [9.17, 15) is 9.59 Å². The van der Waals surface area contributed by atoms with Crippen LogP contribution in [0.3, 0.4) is 0 Å². The summed E-state index contributed by atoms with van der Waals surface area (Å²) in [5.41, 5.74) is 2.66. The van der Waals surface area contributed by atoms with Gasteiger partial charge in [-0.1, -0.05) is 48.5 Å². The van der Waals surface area contributed by atoms with E-state index in [-0.39, 0.29) is 17.8 Å². The molecule has 34 heavy (non-hydrogen) atoms. The normalized spacial score (nSPS) is 17.1. The van der Waals surface area contributed by atoms with Gasteiger partial charge >= 0.3 is 0 Å².